The number of hydrogen-bond acceptors (Lipinski definition) is 7. The second-order valence-corrected chi connectivity index (χ2v) is 8.39. The van der Waals surface area contributed by atoms with Crippen LogP contribution in [0.15, 0.2) is 24.3 Å². The van der Waals surface area contributed by atoms with Crippen LogP contribution >= 0.6 is 11.8 Å². The summed E-state index contributed by atoms with van der Waals surface area (Å²) < 4.78 is 5.13. The van der Waals surface area contributed by atoms with E-state index in [2.05, 4.69) is 5.32 Å². The third-order valence-electron chi connectivity index (χ3n) is 3.71. The van der Waals surface area contributed by atoms with Gasteiger partial charge in [0, 0.05) is 24.3 Å². The summed E-state index contributed by atoms with van der Waals surface area (Å²) in [4.78, 5) is 49.0. The van der Waals surface area contributed by atoms with Gasteiger partial charge in [0.05, 0.1) is 10.9 Å². The first-order chi connectivity index (χ1) is 13.1. The smallest absolute Gasteiger partial charge is 0.407 e. The van der Waals surface area contributed by atoms with Crippen molar-refractivity contribution in [3.63, 3.8) is 0 Å². The first-order valence-electron chi connectivity index (χ1n) is 8.68. The van der Waals surface area contributed by atoms with Crippen molar-refractivity contribution >= 4 is 41.3 Å². The summed E-state index contributed by atoms with van der Waals surface area (Å²) in [5.74, 6) is 4.46. The summed E-state index contributed by atoms with van der Waals surface area (Å²) in [6, 6.07) is 6.03. The standard InChI is InChI=1S/C18H24N4O5S/c1-18(2,3)27-17(26)20-8-9-28-13-10-14(23)22(16(13)25)12-6-4-11(5-7-12)15(24)21-19/h4-7,13H,8-10,19H2,1-3H3,(H,20,26)(H,21,24). The fourth-order valence-corrected chi connectivity index (χ4v) is 3.53. The highest BCUT2D eigenvalue weighted by Gasteiger charge is 2.39. The van der Waals surface area contributed by atoms with Crippen molar-refractivity contribution < 1.29 is 23.9 Å². The molecular formula is C18H24N4O5S. The average Bonchev–Trinajstić information content (AvgIpc) is 2.90. The lowest BCUT2D eigenvalue weighted by Crippen LogP contribution is -2.34. The minimum atomic E-state index is -0.577. The molecule has 1 atom stereocenters. The number of nitrogen functional groups attached to an aromatic ring is 1. The van der Waals surface area contributed by atoms with Crippen LogP contribution in [0.1, 0.15) is 37.6 Å². The number of rotatable bonds is 6. The van der Waals surface area contributed by atoms with Crippen LogP contribution in [0.2, 0.25) is 0 Å². The number of thioether (sulfide) groups is 1. The number of benzene rings is 1. The van der Waals surface area contributed by atoms with E-state index in [4.69, 9.17) is 10.6 Å². The monoisotopic (exact) mass is 408 g/mol. The number of anilines is 1. The molecule has 4 N–H and O–H groups in total. The van der Waals surface area contributed by atoms with Gasteiger partial charge in [-0.3, -0.25) is 19.8 Å². The summed E-state index contributed by atoms with van der Waals surface area (Å²) in [7, 11) is 0. The van der Waals surface area contributed by atoms with Crippen molar-refractivity contribution in [3.05, 3.63) is 29.8 Å². The SMILES string of the molecule is CC(C)(C)OC(=O)NCCSC1CC(=O)N(c2ccc(C(=O)NN)cc2)C1=O. The van der Waals surface area contributed by atoms with E-state index in [1.807, 2.05) is 5.43 Å². The Morgan fingerprint density at radius 2 is 1.89 bits per heavy atom. The van der Waals surface area contributed by atoms with E-state index in [1.165, 1.54) is 36.0 Å². The molecule has 1 aliphatic heterocycles. The van der Waals surface area contributed by atoms with Gasteiger partial charge in [-0.1, -0.05) is 0 Å². The molecule has 152 valence electrons. The van der Waals surface area contributed by atoms with Gasteiger partial charge in [-0.05, 0) is 45.0 Å². The predicted octanol–water partition coefficient (Wildman–Crippen LogP) is 1.18. The van der Waals surface area contributed by atoms with Crippen molar-refractivity contribution in [2.45, 2.75) is 38.0 Å². The number of amides is 4. The van der Waals surface area contributed by atoms with Crippen molar-refractivity contribution in [3.8, 4) is 0 Å². The summed E-state index contributed by atoms with van der Waals surface area (Å²) in [6.45, 7) is 5.63. The van der Waals surface area contributed by atoms with Crippen molar-refractivity contribution in [2.24, 2.45) is 5.84 Å². The molecule has 1 saturated heterocycles. The normalized spacial score (nSPS) is 16.9. The molecule has 0 spiro atoms. The molecule has 9 nitrogen and oxygen atoms in total. The number of imide groups is 1. The van der Waals surface area contributed by atoms with Gasteiger partial charge in [-0.15, -0.1) is 11.8 Å². The van der Waals surface area contributed by atoms with Crippen LogP contribution < -0.4 is 21.5 Å². The van der Waals surface area contributed by atoms with Crippen LogP contribution in [-0.4, -0.2) is 47.0 Å². The highest BCUT2D eigenvalue weighted by Crippen LogP contribution is 2.29. The second kappa shape index (κ2) is 9.07. The van der Waals surface area contributed by atoms with Crippen LogP contribution in [0.25, 0.3) is 0 Å². The minimum Gasteiger partial charge on any atom is -0.444 e. The molecule has 10 heteroatoms. The van der Waals surface area contributed by atoms with Gasteiger partial charge in [-0.25, -0.2) is 15.5 Å². The number of ether oxygens (including phenoxy) is 1. The maximum atomic E-state index is 12.6. The third kappa shape index (κ3) is 5.70. The summed E-state index contributed by atoms with van der Waals surface area (Å²) in [6.07, 6.45) is -0.439. The van der Waals surface area contributed by atoms with Gasteiger partial charge >= 0.3 is 6.09 Å². The van der Waals surface area contributed by atoms with Gasteiger partial charge in [0.2, 0.25) is 11.8 Å². The molecule has 1 aliphatic rings. The van der Waals surface area contributed by atoms with Gasteiger partial charge in [-0.2, -0.15) is 0 Å². The van der Waals surface area contributed by atoms with Crippen LogP contribution in [-0.2, 0) is 14.3 Å². The first-order valence-corrected chi connectivity index (χ1v) is 9.73. The molecule has 2 rings (SSSR count). The molecule has 0 bridgehead atoms. The van der Waals surface area contributed by atoms with Crippen LogP contribution in [0.5, 0.6) is 0 Å². The Morgan fingerprint density at radius 3 is 2.46 bits per heavy atom. The number of alkyl carbamates (subject to hydrolysis) is 1. The van der Waals surface area contributed by atoms with Crippen LogP contribution in [0, 0.1) is 0 Å². The number of carbonyl (C=O) groups excluding carboxylic acids is 4. The Labute approximate surface area is 167 Å². The van der Waals surface area contributed by atoms with E-state index in [0.717, 1.165) is 4.90 Å². The zero-order valence-electron chi connectivity index (χ0n) is 16.0. The maximum absolute atomic E-state index is 12.6. The van der Waals surface area contributed by atoms with Crippen molar-refractivity contribution in [1.82, 2.24) is 10.7 Å². The minimum absolute atomic E-state index is 0.0843. The van der Waals surface area contributed by atoms with E-state index in [9.17, 15) is 19.2 Å². The lowest BCUT2D eigenvalue weighted by Gasteiger charge is -2.19. The number of hydrogen-bond donors (Lipinski definition) is 3. The molecule has 4 amide bonds. The molecule has 1 aromatic rings. The highest BCUT2D eigenvalue weighted by atomic mass is 32.2. The lowest BCUT2D eigenvalue weighted by atomic mass is 10.2. The van der Waals surface area contributed by atoms with Gasteiger partial charge in [0.15, 0.2) is 0 Å². The molecule has 1 aromatic carbocycles. The van der Waals surface area contributed by atoms with Crippen molar-refractivity contribution in [1.29, 1.82) is 0 Å². The Morgan fingerprint density at radius 1 is 1.25 bits per heavy atom. The molecule has 0 saturated carbocycles. The number of nitrogens with two attached hydrogens (primary N) is 1. The Hall–Kier alpha value is -2.59. The van der Waals surface area contributed by atoms with Gasteiger partial charge in [0.25, 0.3) is 5.91 Å². The summed E-state index contributed by atoms with van der Waals surface area (Å²) in [5.41, 5.74) is 2.16. The molecule has 1 unspecified atom stereocenters. The maximum Gasteiger partial charge on any atom is 0.407 e. The highest BCUT2D eigenvalue weighted by molar-refractivity contribution is 8.00. The predicted molar refractivity (Wildman–Crippen MR) is 106 cm³/mol. The number of nitrogens with one attached hydrogen (secondary N) is 2. The largest absolute Gasteiger partial charge is 0.444 e. The third-order valence-corrected chi connectivity index (χ3v) is 4.92. The number of carbonyl (C=O) groups is 4. The molecular weight excluding hydrogens is 384 g/mol. The van der Waals surface area contributed by atoms with Crippen LogP contribution in [0.3, 0.4) is 0 Å². The lowest BCUT2D eigenvalue weighted by molar-refractivity contribution is -0.121. The molecule has 1 heterocycles. The quantitative estimate of drug-likeness (QED) is 0.212. The number of hydrazine groups is 1. The van der Waals surface area contributed by atoms with Gasteiger partial charge in [0.1, 0.15) is 5.60 Å². The summed E-state index contributed by atoms with van der Waals surface area (Å²) >= 11 is 1.30. The van der Waals surface area contributed by atoms with E-state index in [-0.39, 0.29) is 18.2 Å². The zero-order valence-corrected chi connectivity index (χ0v) is 16.8. The zero-order chi connectivity index (χ0) is 20.9. The Kier molecular flexibility index (Phi) is 7.03. The average molecular weight is 408 g/mol. The molecule has 0 radical (unpaired) electrons. The Bertz CT molecular complexity index is 760. The molecule has 0 aliphatic carbocycles. The summed E-state index contributed by atoms with van der Waals surface area (Å²) in [5, 5.41) is 2.10. The molecule has 0 aromatic heterocycles. The fourth-order valence-electron chi connectivity index (χ4n) is 2.52. The molecule has 1 fully saturated rings. The van der Waals surface area contributed by atoms with Crippen LogP contribution in [0.4, 0.5) is 10.5 Å². The van der Waals surface area contributed by atoms with Crippen molar-refractivity contribution in [2.75, 3.05) is 17.2 Å². The van der Waals surface area contributed by atoms with E-state index >= 15 is 0 Å². The fraction of sp³-hybridized carbons (Fsp3) is 0.444. The Balaban J connectivity index is 1.88. The van der Waals surface area contributed by atoms with Gasteiger partial charge < -0.3 is 10.1 Å². The second-order valence-electron chi connectivity index (χ2n) is 7.08. The van der Waals surface area contributed by atoms with E-state index in [0.29, 0.717) is 23.5 Å². The molecule has 28 heavy (non-hydrogen) atoms. The topological polar surface area (TPSA) is 131 Å². The first kappa shape index (κ1) is 21.7. The van der Waals surface area contributed by atoms with E-state index < -0.39 is 22.9 Å². The van der Waals surface area contributed by atoms with E-state index in [1.54, 1.807) is 20.8 Å². The number of nitrogens with zero attached hydrogens (tertiary/aromatic N) is 1.